The Kier molecular flexibility index (Phi) is 5.27. The molecule has 0 saturated carbocycles. The Bertz CT molecular complexity index is 639. The molecule has 1 aromatic carbocycles. The first kappa shape index (κ1) is 17.4. The summed E-state index contributed by atoms with van der Waals surface area (Å²) in [5, 5.41) is 14.3. The van der Waals surface area contributed by atoms with Gasteiger partial charge in [0.2, 0.25) is 0 Å². The maximum absolute atomic E-state index is 10.9. The lowest BCUT2D eigenvalue weighted by Gasteiger charge is -2.31. The van der Waals surface area contributed by atoms with Crippen LogP contribution in [0.1, 0.15) is 57.6 Å². The van der Waals surface area contributed by atoms with Gasteiger partial charge in [0.25, 0.3) is 0 Å². The molecule has 2 unspecified atom stereocenters. The molecule has 0 radical (unpaired) electrons. The van der Waals surface area contributed by atoms with E-state index in [4.69, 9.17) is 0 Å². The Labute approximate surface area is 146 Å². The van der Waals surface area contributed by atoms with Gasteiger partial charge in [-0.3, -0.25) is 0 Å². The van der Waals surface area contributed by atoms with E-state index in [1.807, 2.05) is 6.92 Å². The third-order valence-electron chi connectivity index (χ3n) is 5.33. The van der Waals surface area contributed by atoms with Gasteiger partial charge >= 0.3 is 0 Å². The van der Waals surface area contributed by atoms with Crippen molar-refractivity contribution in [1.29, 1.82) is 0 Å². The highest BCUT2D eigenvalue weighted by atomic mass is 16.3. The zero-order valence-corrected chi connectivity index (χ0v) is 15.3. The van der Waals surface area contributed by atoms with Gasteiger partial charge in [-0.05, 0) is 67.2 Å². The number of benzene rings is 1. The largest absolute Gasteiger partial charge is 0.389 e. The van der Waals surface area contributed by atoms with Crippen LogP contribution in [0.3, 0.4) is 0 Å². The first-order chi connectivity index (χ1) is 11.5. The van der Waals surface area contributed by atoms with Gasteiger partial charge in [-0.2, -0.15) is 0 Å². The Hall–Kier alpha value is -1.38. The molecular formula is C22H31NO. The lowest BCUT2D eigenvalue weighted by atomic mass is 9.80. The summed E-state index contributed by atoms with van der Waals surface area (Å²) in [6.07, 6.45) is 9.95. The van der Waals surface area contributed by atoms with Crippen LogP contribution in [0.25, 0.3) is 5.57 Å². The quantitative estimate of drug-likeness (QED) is 0.836. The van der Waals surface area contributed by atoms with Crippen LogP contribution in [0.15, 0.2) is 42.0 Å². The van der Waals surface area contributed by atoms with Gasteiger partial charge in [-0.1, -0.05) is 50.3 Å². The van der Waals surface area contributed by atoms with Gasteiger partial charge in [0.05, 0.1) is 5.60 Å². The molecule has 0 heterocycles. The predicted octanol–water partition coefficient (Wildman–Crippen LogP) is 4.49. The molecule has 130 valence electrons. The fourth-order valence-electron chi connectivity index (χ4n) is 4.11. The molecule has 0 amide bonds. The number of aryl methyl sites for hydroxylation is 1. The third kappa shape index (κ3) is 3.99. The SMILES string of the molecule is CC(C)NCC(C)(O)CC1CCc2ccccc2C2=C1C=CCC2. The molecule has 0 saturated heterocycles. The van der Waals surface area contributed by atoms with E-state index in [-0.39, 0.29) is 0 Å². The number of rotatable bonds is 5. The molecule has 24 heavy (non-hydrogen) atoms. The summed E-state index contributed by atoms with van der Waals surface area (Å²) >= 11 is 0. The molecule has 0 fully saturated rings. The molecule has 0 aliphatic heterocycles. The van der Waals surface area contributed by atoms with Crippen LogP contribution >= 0.6 is 0 Å². The first-order valence-electron chi connectivity index (χ1n) is 9.40. The lowest BCUT2D eigenvalue weighted by molar-refractivity contribution is 0.0362. The van der Waals surface area contributed by atoms with E-state index < -0.39 is 5.60 Å². The minimum absolute atomic E-state index is 0.402. The highest BCUT2D eigenvalue weighted by Gasteiger charge is 2.31. The van der Waals surface area contributed by atoms with Crippen molar-refractivity contribution in [3.63, 3.8) is 0 Å². The fraction of sp³-hybridized carbons (Fsp3) is 0.545. The van der Waals surface area contributed by atoms with Crippen molar-refractivity contribution in [2.24, 2.45) is 5.92 Å². The Morgan fingerprint density at radius 2 is 2.04 bits per heavy atom. The second-order valence-electron chi connectivity index (χ2n) is 8.00. The first-order valence-corrected chi connectivity index (χ1v) is 9.40. The van der Waals surface area contributed by atoms with E-state index >= 15 is 0 Å². The number of hydrogen-bond donors (Lipinski definition) is 2. The summed E-state index contributed by atoms with van der Waals surface area (Å²) < 4.78 is 0. The predicted molar refractivity (Wildman–Crippen MR) is 102 cm³/mol. The molecule has 3 rings (SSSR count). The molecule has 0 bridgehead atoms. The number of nitrogens with one attached hydrogen (secondary N) is 1. The van der Waals surface area contributed by atoms with Crippen LogP contribution in [0, 0.1) is 5.92 Å². The van der Waals surface area contributed by atoms with E-state index in [9.17, 15) is 5.11 Å². The Morgan fingerprint density at radius 1 is 1.25 bits per heavy atom. The molecule has 0 spiro atoms. The van der Waals surface area contributed by atoms with Crippen molar-refractivity contribution in [2.75, 3.05) is 6.54 Å². The van der Waals surface area contributed by atoms with Crippen LogP contribution < -0.4 is 5.32 Å². The minimum atomic E-state index is -0.672. The Morgan fingerprint density at radius 3 is 2.83 bits per heavy atom. The smallest absolute Gasteiger partial charge is 0.0749 e. The Balaban J connectivity index is 1.86. The molecular weight excluding hydrogens is 294 g/mol. The maximum Gasteiger partial charge on any atom is 0.0749 e. The molecule has 2 nitrogen and oxygen atoms in total. The summed E-state index contributed by atoms with van der Waals surface area (Å²) in [5.41, 5.74) is 5.23. The summed E-state index contributed by atoms with van der Waals surface area (Å²) in [4.78, 5) is 0. The monoisotopic (exact) mass is 325 g/mol. The van der Waals surface area contributed by atoms with Crippen molar-refractivity contribution in [3.8, 4) is 0 Å². The summed E-state index contributed by atoms with van der Waals surface area (Å²) in [6.45, 7) is 6.89. The highest BCUT2D eigenvalue weighted by Crippen LogP contribution is 2.41. The number of aliphatic hydroxyl groups is 1. The van der Waals surface area contributed by atoms with Crippen molar-refractivity contribution in [1.82, 2.24) is 5.32 Å². The zero-order valence-electron chi connectivity index (χ0n) is 15.3. The molecule has 0 aromatic heterocycles. The second kappa shape index (κ2) is 7.25. The molecule has 2 heteroatoms. The van der Waals surface area contributed by atoms with Gasteiger partial charge in [0, 0.05) is 12.6 Å². The summed E-state index contributed by atoms with van der Waals surface area (Å²) in [5.74, 6) is 0.438. The molecule has 1 aromatic rings. The number of fused-ring (bicyclic) bond motifs is 2. The van der Waals surface area contributed by atoms with Gasteiger partial charge in [0.1, 0.15) is 0 Å². The van der Waals surface area contributed by atoms with E-state index in [1.165, 1.54) is 22.3 Å². The van der Waals surface area contributed by atoms with E-state index in [1.54, 1.807) is 0 Å². The molecule has 2 atom stereocenters. The fourth-order valence-corrected chi connectivity index (χ4v) is 4.11. The minimum Gasteiger partial charge on any atom is -0.389 e. The van der Waals surface area contributed by atoms with E-state index in [0.717, 1.165) is 32.1 Å². The third-order valence-corrected chi connectivity index (χ3v) is 5.33. The van der Waals surface area contributed by atoms with Crippen LogP contribution in [0.2, 0.25) is 0 Å². The number of hydrogen-bond acceptors (Lipinski definition) is 2. The van der Waals surface area contributed by atoms with Crippen molar-refractivity contribution >= 4 is 5.57 Å². The summed E-state index contributed by atoms with van der Waals surface area (Å²) in [6, 6.07) is 9.27. The lowest BCUT2D eigenvalue weighted by Crippen LogP contribution is -2.42. The molecule has 2 aliphatic carbocycles. The van der Waals surface area contributed by atoms with Crippen molar-refractivity contribution < 1.29 is 5.11 Å². The van der Waals surface area contributed by atoms with E-state index in [0.29, 0.717) is 18.5 Å². The van der Waals surface area contributed by atoms with Gasteiger partial charge in [-0.15, -0.1) is 0 Å². The van der Waals surface area contributed by atoms with Gasteiger partial charge < -0.3 is 10.4 Å². The maximum atomic E-state index is 10.9. The molecule has 2 N–H and O–H groups in total. The van der Waals surface area contributed by atoms with Crippen molar-refractivity contribution in [3.05, 3.63) is 53.1 Å². The van der Waals surface area contributed by atoms with Crippen LogP contribution in [-0.2, 0) is 6.42 Å². The van der Waals surface area contributed by atoms with Crippen LogP contribution in [-0.4, -0.2) is 23.3 Å². The molecule has 2 aliphatic rings. The second-order valence-corrected chi connectivity index (χ2v) is 8.00. The van der Waals surface area contributed by atoms with Crippen molar-refractivity contribution in [2.45, 2.75) is 64.5 Å². The van der Waals surface area contributed by atoms with Crippen LogP contribution in [0.5, 0.6) is 0 Å². The highest BCUT2D eigenvalue weighted by molar-refractivity contribution is 5.75. The van der Waals surface area contributed by atoms with Crippen LogP contribution in [0.4, 0.5) is 0 Å². The summed E-state index contributed by atoms with van der Waals surface area (Å²) in [7, 11) is 0. The van der Waals surface area contributed by atoms with Gasteiger partial charge in [-0.25, -0.2) is 0 Å². The number of allylic oxidation sites excluding steroid dienone is 4. The standard InChI is InChI=1S/C22H31NO/c1-16(2)23-15-22(3,24)14-18-13-12-17-8-4-5-9-19(17)21-11-7-6-10-20(18)21/h4-6,8-10,16,18,23-24H,7,11-15H2,1-3H3. The average molecular weight is 325 g/mol. The normalized spacial score (nSPS) is 22.8. The average Bonchev–Trinajstić information content (AvgIpc) is 2.71. The topological polar surface area (TPSA) is 32.3 Å². The van der Waals surface area contributed by atoms with E-state index in [2.05, 4.69) is 55.6 Å². The van der Waals surface area contributed by atoms with Gasteiger partial charge in [0.15, 0.2) is 0 Å². The zero-order chi connectivity index (χ0) is 17.2.